The van der Waals surface area contributed by atoms with E-state index in [1.54, 1.807) is 12.1 Å². The first-order valence-electron chi connectivity index (χ1n) is 9.32. The van der Waals surface area contributed by atoms with E-state index in [4.69, 9.17) is 0 Å². The Hall–Kier alpha value is -3.23. The Labute approximate surface area is 160 Å². The molecule has 1 saturated heterocycles. The summed E-state index contributed by atoms with van der Waals surface area (Å²) in [7, 11) is 0. The van der Waals surface area contributed by atoms with Crippen LogP contribution >= 0.6 is 0 Å². The molecule has 4 rings (SSSR count). The fourth-order valence-electron chi connectivity index (χ4n) is 3.92. The largest absolute Gasteiger partial charge is 0.344 e. The standard InChI is InChI=1S/C19H21N5O4/c1-12-5-6-14-13(9-12)16(26)23(11-20-14)10-15(25)22-24-17(27)19(21-18(24)28)7-3-2-4-8-19/h5-6,9,11H,2-4,7-8,10H2,1H3,(H,21,28)(H,22,25). The van der Waals surface area contributed by atoms with Gasteiger partial charge in [0.2, 0.25) is 0 Å². The number of aryl methyl sites for hydroxylation is 1. The maximum absolute atomic E-state index is 12.7. The van der Waals surface area contributed by atoms with E-state index in [0.29, 0.717) is 23.7 Å². The van der Waals surface area contributed by atoms with Crippen molar-refractivity contribution < 1.29 is 14.4 Å². The van der Waals surface area contributed by atoms with Gasteiger partial charge in [0.15, 0.2) is 0 Å². The molecule has 9 heteroatoms. The van der Waals surface area contributed by atoms with Crippen molar-refractivity contribution in [2.45, 2.75) is 51.1 Å². The summed E-state index contributed by atoms with van der Waals surface area (Å²) >= 11 is 0. The van der Waals surface area contributed by atoms with Gasteiger partial charge >= 0.3 is 6.03 Å². The van der Waals surface area contributed by atoms with Crippen molar-refractivity contribution in [3.63, 3.8) is 0 Å². The molecule has 2 fully saturated rings. The number of aromatic nitrogens is 2. The molecule has 1 spiro atoms. The predicted molar refractivity (Wildman–Crippen MR) is 100 cm³/mol. The van der Waals surface area contributed by atoms with Crippen LogP contribution in [-0.2, 0) is 16.1 Å². The number of fused-ring (bicyclic) bond motifs is 1. The van der Waals surface area contributed by atoms with E-state index in [1.807, 2.05) is 13.0 Å². The molecule has 28 heavy (non-hydrogen) atoms. The fraction of sp³-hybridized carbons (Fsp3) is 0.421. The van der Waals surface area contributed by atoms with Crippen LogP contribution in [0.2, 0.25) is 0 Å². The van der Waals surface area contributed by atoms with Crippen molar-refractivity contribution in [3.8, 4) is 0 Å². The van der Waals surface area contributed by atoms with Crippen LogP contribution in [-0.4, -0.2) is 37.9 Å². The van der Waals surface area contributed by atoms with Gasteiger partial charge in [-0.2, -0.15) is 5.01 Å². The van der Waals surface area contributed by atoms with Crippen LogP contribution in [0.15, 0.2) is 29.3 Å². The van der Waals surface area contributed by atoms with Crippen molar-refractivity contribution in [2.24, 2.45) is 0 Å². The topological polar surface area (TPSA) is 113 Å². The number of carbonyl (C=O) groups is 3. The van der Waals surface area contributed by atoms with E-state index in [-0.39, 0.29) is 12.1 Å². The molecule has 146 valence electrons. The van der Waals surface area contributed by atoms with E-state index in [2.05, 4.69) is 15.7 Å². The summed E-state index contributed by atoms with van der Waals surface area (Å²) in [6, 6.07) is 4.67. The third-order valence-electron chi connectivity index (χ3n) is 5.40. The monoisotopic (exact) mass is 383 g/mol. The Balaban J connectivity index is 1.51. The van der Waals surface area contributed by atoms with Crippen molar-refractivity contribution in [3.05, 3.63) is 40.4 Å². The Bertz CT molecular complexity index is 1040. The number of hydrogen-bond donors (Lipinski definition) is 2. The maximum Gasteiger partial charge on any atom is 0.344 e. The number of carbonyl (C=O) groups excluding carboxylic acids is 3. The SMILES string of the molecule is Cc1ccc2ncn(CC(=O)NN3C(=O)NC4(CCCCC4)C3=O)c(=O)c2c1. The lowest BCUT2D eigenvalue weighted by Crippen LogP contribution is -2.51. The molecule has 9 nitrogen and oxygen atoms in total. The Morgan fingerprint density at radius 2 is 1.96 bits per heavy atom. The average molecular weight is 383 g/mol. The van der Waals surface area contributed by atoms with Crippen molar-refractivity contribution in [1.82, 2.24) is 25.3 Å². The molecule has 0 bridgehead atoms. The molecule has 2 heterocycles. The predicted octanol–water partition coefficient (Wildman–Crippen LogP) is 0.991. The first-order chi connectivity index (χ1) is 13.4. The summed E-state index contributed by atoms with van der Waals surface area (Å²) in [5.41, 5.74) is 2.51. The number of benzene rings is 1. The van der Waals surface area contributed by atoms with E-state index in [1.165, 1.54) is 6.33 Å². The molecule has 0 radical (unpaired) electrons. The summed E-state index contributed by atoms with van der Waals surface area (Å²) in [6.07, 6.45) is 5.15. The van der Waals surface area contributed by atoms with Gasteiger partial charge < -0.3 is 5.32 Å². The minimum atomic E-state index is -0.915. The molecular formula is C19H21N5O4. The highest BCUT2D eigenvalue weighted by Crippen LogP contribution is 2.32. The number of nitrogens with zero attached hydrogens (tertiary/aromatic N) is 3. The van der Waals surface area contributed by atoms with Crippen molar-refractivity contribution >= 4 is 28.7 Å². The maximum atomic E-state index is 12.7. The van der Waals surface area contributed by atoms with Gasteiger partial charge in [0.25, 0.3) is 17.4 Å². The highest BCUT2D eigenvalue weighted by Gasteiger charge is 2.52. The summed E-state index contributed by atoms with van der Waals surface area (Å²) in [5.74, 6) is -1.09. The zero-order chi connectivity index (χ0) is 19.9. The number of amides is 4. The summed E-state index contributed by atoms with van der Waals surface area (Å²) < 4.78 is 1.16. The molecular weight excluding hydrogens is 362 g/mol. The minimum absolute atomic E-state index is 0.347. The van der Waals surface area contributed by atoms with E-state index < -0.39 is 23.4 Å². The highest BCUT2D eigenvalue weighted by atomic mass is 16.2. The molecule has 2 N–H and O–H groups in total. The zero-order valence-electron chi connectivity index (χ0n) is 15.5. The second kappa shape index (κ2) is 6.74. The lowest BCUT2D eigenvalue weighted by Gasteiger charge is -2.30. The number of hydrogen-bond acceptors (Lipinski definition) is 5. The second-order valence-electron chi connectivity index (χ2n) is 7.45. The smallest absolute Gasteiger partial charge is 0.322 e. The quantitative estimate of drug-likeness (QED) is 0.768. The highest BCUT2D eigenvalue weighted by molar-refractivity contribution is 6.08. The van der Waals surface area contributed by atoms with Gasteiger partial charge in [0.1, 0.15) is 12.1 Å². The molecule has 2 aliphatic rings. The summed E-state index contributed by atoms with van der Waals surface area (Å²) in [5, 5.41) is 3.86. The van der Waals surface area contributed by atoms with Gasteiger partial charge in [-0.3, -0.25) is 24.4 Å². The molecule has 0 unspecified atom stereocenters. The van der Waals surface area contributed by atoms with Gasteiger partial charge in [-0.05, 0) is 31.9 Å². The normalized spacial score (nSPS) is 18.5. The Morgan fingerprint density at radius 1 is 1.21 bits per heavy atom. The second-order valence-corrected chi connectivity index (χ2v) is 7.45. The third kappa shape index (κ3) is 3.02. The Morgan fingerprint density at radius 3 is 2.71 bits per heavy atom. The number of imide groups is 1. The van der Waals surface area contributed by atoms with Crippen LogP contribution in [0.5, 0.6) is 0 Å². The number of urea groups is 1. The molecule has 1 aliphatic carbocycles. The van der Waals surface area contributed by atoms with Crippen LogP contribution in [0.1, 0.15) is 37.7 Å². The summed E-state index contributed by atoms with van der Waals surface area (Å²) in [6.45, 7) is 1.52. The van der Waals surface area contributed by atoms with Crippen molar-refractivity contribution in [2.75, 3.05) is 0 Å². The van der Waals surface area contributed by atoms with Crippen LogP contribution < -0.4 is 16.3 Å². The van der Waals surface area contributed by atoms with Gasteiger partial charge in [-0.15, -0.1) is 0 Å². The van der Waals surface area contributed by atoms with Crippen molar-refractivity contribution in [1.29, 1.82) is 0 Å². The lowest BCUT2D eigenvalue weighted by atomic mass is 9.82. The van der Waals surface area contributed by atoms with Gasteiger partial charge in [0.05, 0.1) is 17.2 Å². The van der Waals surface area contributed by atoms with E-state index >= 15 is 0 Å². The molecule has 1 aromatic heterocycles. The van der Waals surface area contributed by atoms with Crippen LogP contribution in [0.3, 0.4) is 0 Å². The number of rotatable bonds is 3. The zero-order valence-corrected chi connectivity index (χ0v) is 15.5. The molecule has 2 aromatic rings. The van der Waals surface area contributed by atoms with E-state index in [0.717, 1.165) is 34.4 Å². The summed E-state index contributed by atoms with van der Waals surface area (Å²) in [4.78, 5) is 54.1. The number of nitrogens with one attached hydrogen (secondary N) is 2. The lowest BCUT2D eigenvalue weighted by molar-refractivity contribution is -0.140. The number of hydrazine groups is 1. The first-order valence-corrected chi connectivity index (χ1v) is 9.32. The van der Waals surface area contributed by atoms with Gasteiger partial charge in [0, 0.05) is 0 Å². The molecule has 1 aromatic carbocycles. The molecule has 4 amide bonds. The molecule has 1 aliphatic heterocycles. The fourth-order valence-corrected chi connectivity index (χ4v) is 3.92. The molecule has 0 atom stereocenters. The molecule has 1 saturated carbocycles. The van der Waals surface area contributed by atoms with Crippen LogP contribution in [0.25, 0.3) is 10.9 Å². The first kappa shape index (κ1) is 18.1. The van der Waals surface area contributed by atoms with Gasteiger partial charge in [-0.25, -0.2) is 9.78 Å². The average Bonchev–Trinajstić information content (AvgIpc) is 2.89. The third-order valence-corrected chi connectivity index (χ3v) is 5.40. The van der Waals surface area contributed by atoms with E-state index in [9.17, 15) is 19.2 Å². The van der Waals surface area contributed by atoms with Crippen LogP contribution in [0.4, 0.5) is 4.79 Å². The minimum Gasteiger partial charge on any atom is -0.322 e. The van der Waals surface area contributed by atoms with Gasteiger partial charge in [-0.1, -0.05) is 30.9 Å². The van der Waals surface area contributed by atoms with Crippen LogP contribution in [0, 0.1) is 6.92 Å². The Kier molecular flexibility index (Phi) is 4.37.